The normalized spacial score (nSPS) is 15.2. The number of benzene rings is 1. The number of carbonyl (C=O) groups excluding carboxylic acids is 1. The van der Waals surface area contributed by atoms with Crippen LogP contribution in [0.2, 0.25) is 0 Å². The predicted molar refractivity (Wildman–Crippen MR) is 134 cm³/mol. The molecule has 1 fully saturated rings. The smallest absolute Gasteiger partial charge is 0.221 e. The maximum Gasteiger partial charge on any atom is 0.221 e. The molecule has 1 saturated heterocycles. The Balaban J connectivity index is 0.00000450. The van der Waals surface area contributed by atoms with Gasteiger partial charge in [-0.1, -0.05) is 19.1 Å². The number of methoxy groups -OCH3 is 1. The van der Waals surface area contributed by atoms with Gasteiger partial charge >= 0.3 is 0 Å². The van der Waals surface area contributed by atoms with Crippen LogP contribution in [0.25, 0.3) is 0 Å². The predicted octanol–water partition coefficient (Wildman–Crippen LogP) is 2.92. The molecule has 0 saturated carbocycles. The molecule has 1 atom stereocenters. The van der Waals surface area contributed by atoms with Gasteiger partial charge < -0.3 is 20.7 Å². The SMILES string of the molecule is CCCNC(=O)CCNC(=NCC(c1ccc(OC)cc1)N1CCCC1)NCC.I. The first-order chi connectivity index (χ1) is 14.2. The molecule has 2 rings (SSSR count). The molecule has 0 spiro atoms. The number of guanidine groups is 1. The van der Waals surface area contributed by atoms with E-state index in [1.165, 1.54) is 18.4 Å². The van der Waals surface area contributed by atoms with Crippen LogP contribution < -0.4 is 20.7 Å². The number of amides is 1. The fraction of sp³-hybridized carbons (Fsp3) is 0.636. The van der Waals surface area contributed by atoms with E-state index in [2.05, 4.69) is 33.0 Å². The van der Waals surface area contributed by atoms with Crippen molar-refractivity contribution in [1.82, 2.24) is 20.9 Å². The summed E-state index contributed by atoms with van der Waals surface area (Å²) in [5.41, 5.74) is 1.26. The Morgan fingerprint density at radius 3 is 2.40 bits per heavy atom. The molecular formula is C22H38IN5O2. The summed E-state index contributed by atoms with van der Waals surface area (Å²) in [6, 6.07) is 8.54. The average molecular weight is 531 g/mol. The van der Waals surface area contributed by atoms with Crippen molar-refractivity contribution in [3.8, 4) is 5.75 Å². The van der Waals surface area contributed by atoms with Crippen LogP contribution in [0.4, 0.5) is 0 Å². The number of likely N-dealkylation sites (tertiary alicyclic amines) is 1. The van der Waals surface area contributed by atoms with Crippen LogP contribution in [0.15, 0.2) is 29.3 Å². The van der Waals surface area contributed by atoms with Gasteiger partial charge in [-0.25, -0.2) is 0 Å². The van der Waals surface area contributed by atoms with E-state index in [1.54, 1.807) is 7.11 Å². The molecule has 0 aromatic heterocycles. The number of hydrogen-bond acceptors (Lipinski definition) is 4. The van der Waals surface area contributed by atoms with Crippen molar-refractivity contribution in [3.63, 3.8) is 0 Å². The lowest BCUT2D eigenvalue weighted by Gasteiger charge is -2.27. The molecule has 7 nitrogen and oxygen atoms in total. The molecule has 1 heterocycles. The van der Waals surface area contributed by atoms with E-state index in [1.807, 2.05) is 26.0 Å². The summed E-state index contributed by atoms with van der Waals surface area (Å²) in [6.07, 6.45) is 3.87. The molecule has 170 valence electrons. The van der Waals surface area contributed by atoms with Crippen molar-refractivity contribution in [1.29, 1.82) is 0 Å². The fourth-order valence-electron chi connectivity index (χ4n) is 3.48. The van der Waals surface area contributed by atoms with Gasteiger partial charge in [-0.15, -0.1) is 24.0 Å². The molecule has 1 aliphatic rings. The minimum absolute atomic E-state index is 0. The van der Waals surface area contributed by atoms with E-state index in [9.17, 15) is 4.79 Å². The van der Waals surface area contributed by atoms with Crippen LogP contribution in [0.3, 0.4) is 0 Å². The lowest BCUT2D eigenvalue weighted by molar-refractivity contribution is -0.120. The maximum absolute atomic E-state index is 11.8. The van der Waals surface area contributed by atoms with Crippen molar-refractivity contribution in [2.45, 2.75) is 45.6 Å². The number of aliphatic imine (C=N–C) groups is 1. The molecule has 0 bridgehead atoms. The second kappa shape index (κ2) is 15.3. The van der Waals surface area contributed by atoms with Gasteiger partial charge in [0.15, 0.2) is 5.96 Å². The molecule has 1 unspecified atom stereocenters. The van der Waals surface area contributed by atoms with Gasteiger partial charge in [0.1, 0.15) is 5.75 Å². The highest BCUT2D eigenvalue weighted by Crippen LogP contribution is 2.27. The minimum Gasteiger partial charge on any atom is -0.497 e. The Kier molecular flexibility index (Phi) is 13.5. The van der Waals surface area contributed by atoms with Crippen molar-refractivity contribution in [3.05, 3.63) is 29.8 Å². The molecule has 0 radical (unpaired) electrons. The summed E-state index contributed by atoms with van der Waals surface area (Å²) in [6.45, 7) is 9.06. The standard InChI is InChI=1S/C22H37N5O2.HI/c1-4-13-24-21(28)12-14-25-22(23-5-2)26-17-20(27-15-6-7-16-27)18-8-10-19(29-3)11-9-18;/h8-11,20H,4-7,12-17H2,1-3H3,(H,24,28)(H2,23,25,26);1H. The van der Waals surface area contributed by atoms with Gasteiger partial charge in [0.25, 0.3) is 0 Å². The van der Waals surface area contributed by atoms with Crippen LogP contribution in [0.1, 0.15) is 51.1 Å². The minimum atomic E-state index is 0. The van der Waals surface area contributed by atoms with Crippen molar-refractivity contribution in [2.24, 2.45) is 4.99 Å². The van der Waals surface area contributed by atoms with E-state index in [0.29, 0.717) is 19.5 Å². The molecule has 3 N–H and O–H groups in total. The van der Waals surface area contributed by atoms with Crippen LogP contribution >= 0.6 is 24.0 Å². The number of rotatable bonds is 11. The Morgan fingerprint density at radius 2 is 1.80 bits per heavy atom. The third kappa shape index (κ3) is 9.07. The summed E-state index contributed by atoms with van der Waals surface area (Å²) in [4.78, 5) is 19.1. The topological polar surface area (TPSA) is 78.0 Å². The van der Waals surface area contributed by atoms with Crippen LogP contribution in [-0.2, 0) is 4.79 Å². The van der Waals surface area contributed by atoms with Gasteiger partial charge in [0.05, 0.1) is 19.7 Å². The Hall–Kier alpha value is -1.55. The quantitative estimate of drug-likeness (QED) is 0.233. The molecule has 30 heavy (non-hydrogen) atoms. The van der Waals surface area contributed by atoms with Crippen molar-refractivity contribution in [2.75, 3.05) is 46.4 Å². The summed E-state index contributed by atoms with van der Waals surface area (Å²) < 4.78 is 5.30. The van der Waals surface area contributed by atoms with E-state index in [0.717, 1.165) is 44.3 Å². The van der Waals surface area contributed by atoms with Gasteiger partial charge in [-0.2, -0.15) is 0 Å². The first-order valence-electron chi connectivity index (χ1n) is 10.8. The molecule has 8 heteroatoms. The van der Waals surface area contributed by atoms with Gasteiger partial charge in [0, 0.05) is 26.1 Å². The zero-order valence-electron chi connectivity index (χ0n) is 18.6. The molecule has 0 aliphatic carbocycles. The first kappa shape index (κ1) is 26.5. The zero-order valence-corrected chi connectivity index (χ0v) is 20.9. The third-order valence-electron chi connectivity index (χ3n) is 5.07. The highest BCUT2D eigenvalue weighted by Gasteiger charge is 2.23. The van der Waals surface area contributed by atoms with Gasteiger partial charge in [-0.3, -0.25) is 14.7 Å². The summed E-state index contributed by atoms with van der Waals surface area (Å²) in [5.74, 6) is 1.70. The van der Waals surface area contributed by atoms with Crippen LogP contribution in [0.5, 0.6) is 5.75 Å². The Labute approximate surface area is 198 Å². The lowest BCUT2D eigenvalue weighted by atomic mass is 10.1. The van der Waals surface area contributed by atoms with Crippen molar-refractivity contribution >= 4 is 35.8 Å². The number of nitrogens with zero attached hydrogens (tertiary/aromatic N) is 2. The number of hydrogen-bond donors (Lipinski definition) is 3. The average Bonchev–Trinajstić information content (AvgIpc) is 3.27. The number of nitrogens with one attached hydrogen (secondary N) is 3. The monoisotopic (exact) mass is 531 g/mol. The van der Waals surface area contributed by atoms with Crippen molar-refractivity contribution < 1.29 is 9.53 Å². The largest absolute Gasteiger partial charge is 0.497 e. The van der Waals surface area contributed by atoms with E-state index in [4.69, 9.17) is 9.73 Å². The zero-order chi connectivity index (χ0) is 20.9. The van der Waals surface area contributed by atoms with E-state index in [-0.39, 0.29) is 35.9 Å². The lowest BCUT2D eigenvalue weighted by Crippen LogP contribution is -2.40. The highest BCUT2D eigenvalue weighted by molar-refractivity contribution is 14.0. The van der Waals surface area contributed by atoms with Gasteiger partial charge in [-0.05, 0) is 57.0 Å². The first-order valence-corrected chi connectivity index (χ1v) is 10.8. The Morgan fingerprint density at radius 1 is 1.10 bits per heavy atom. The summed E-state index contributed by atoms with van der Waals surface area (Å²) >= 11 is 0. The summed E-state index contributed by atoms with van der Waals surface area (Å²) in [7, 11) is 1.69. The molecule has 1 amide bonds. The number of halogens is 1. The Bertz CT molecular complexity index is 633. The molecule has 1 aromatic rings. The second-order valence-corrected chi connectivity index (χ2v) is 7.28. The van der Waals surface area contributed by atoms with Crippen LogP contribution in [-0.4, -0.2) is 63.1 Å². The maximum atomic E-state index is 11.8. The van der Waals surface area contributed by atoms with Crippen LogP contribution in [0, 0.1) is 0 Å². The van der Waals surface area contributed by atoms with Gasteiger partial charge in [0.2, 0.25) is 5.91 Å². The van der Waals surface area contributed by atoms with E-state index >= 15 is 0 Å². The summed E-state index contributed by atoms with van der Waals surface area (Å²) in [5, 5.41) is 9.47. The number of ether oxygens (including phenoxy) is 1. The highest BCUT2D eigenvalue weighted by atomic mass is 127. The molecule has 1 aromatic carbocycles. The number of carbonyl (C=O) groups is 1. The third-order valence-corrected chi connectivity index (χ3v) is 5.07. The molecule has 1 aliphatic heterocycles. The second-order valence-electron chi connectivity index (χ2n) is 7.28. The fourth-order valence-corrected chi connectivity index (χ4v) is 3.48. The van der Waals surface area contributed by atoms with E-state index < -0.39 is 0 Å². The molecular weight excluding hydrogens is 493 g/mol.